The summed E-state index contributed by atoms with van der Waals surface area (Å²) in [5, 5.41) is 12.2. The highest BCUT2D eigenvalue weighted by atomic mass is 16.4. The minimum Gasteiger partial charge on any atom is -0.480 e. The van der Waals surface area contributed by atoms with Crippen LogP contribution in [0.1, 0.15) is 19.3 Å². The molecule has 0 saturated carbocycles. The molecule has 19 heavy (non-hydrogen) atoms. The van der Waals surface area contributed by atoms with Crippen molar-refractivity contribution in [3.8, 4) is 0 Å². The molecule has 4 saturated heterocycles. The van der Waals surface area contributed by atoms with E-state index in [-0.39, 0.29) is 0 Å². The normalized spacial score (nSPS) is 43.2. The first kappa shape index (κ1) is 13.3. The molecular weight excluding hydrogens is 242 g/mol. The Hall–Kier alpha value is -0.650. The Morgan fingerprint density at radius 2 is 2.11 bits per heavy atom. The number of piperidine rings is 3. The predicted octanol–water partition coefficient (Wildman–Crippen LogP) is 0.0735. The maximum atomic E-state index is 11.3. The van der Waals surface area contributed by atoms with Gasteiger partial charge in [0.05, 0.1) is 0 Å². The third-order valence-corrected chi connectivity index (χ3v) is 5.62. The minimum atomic E-state index is -0.727. The molecule has 4 aliphatic heterocycles. The summed E-state index contributed by atoms with van der Waals surface area (Å²) in [5.74, 6) is 0.916. The van der Waals surface area contributed by atoms with Gasteiger partial charge in [-0.15, -0.1) is 0 Å². The fraction of sp³-hybridized carbons (Fsp3) is 0.929. The Balaban J connectivity index is 1.76. The van der Waals surface area contributed by atoms with Crippen molar-refractivity contribution in [3.05, 3.63) is 0 Å². The van der Waals surface area contributed by atoms with E-state index in [1.807, 2.05) is 0 Å². The van der Waals surface area contributed by atoms with Gasteiger partial charge in [-0.2, -0.15) is 0 Å². The van der Waals surface area contributed by atoms with Crippen LogP contribution in [0.25, 0.3) is 0 Å². The molecule has 0 aliphatic carbocycles. The van der Waals surface area contributed by atoms with E-state index in [1.54, 1.807) is 7.05 Å². The Morgan fingerprint density at radius 3 is 2.68 bits per heavy atom. The number of likely N-dealkylation sites (N-methyl/N-ethyl adjacent to an activating group) is 2. The number of aliphatic carboxylic acids is 1. The van der Waals surface area contributed by atoms with Crippen LogP contribution in [0.3, 0.4) is 0 Å². The van der Waals surface area contributed by atoms with Crippen molar-refractivity contribution in [3.63, 3.8) is 0 Å². The number of rotatable bonds is 4. The molecule has 108 valence electrons. The first-order valence-electron chi connectivity index (χ1n) is 7.46. The lowest BCUT2D eigenvalue weighted by Crippen LogP contribution is -2.58. The monoisotopic (exact) mass is 267 g/mol. The van der Waals surface area contributed by atoms with Gasteiger partial charge in [-0.25, -0.2) is 0 Å². The molecular formula is C14H25N3O2. The molecule has 5 nitrogen and oxygen atoms in total. The molecule has 5 heteroatoms. The summed E-state index contributed by atoms with van der Waals surface area (Å²) in [6, 6.07) is 0.558. The van der Waals surface area contributed by atoms with Crippen LogP contribution < -0.4 is 5.32 Å². The van der Waals surface area contributed by atoms with Crippen molar-refractivity contribution in [2.24, 2.45) is 11.8 Å². The molecule has 0 aromatic rings. The van der Waals surface area contributed by atoms with E-state index in [1.165, 1.54) is 25.9 Å². The number of nitrogens with one attached hydrogen (secondary N) is 1. The summed E-state index contributed by atoms with van der Waals surface area (Å²) in [4.78, 5) is 16.3. The summed E-state index contributed by atoms with van der Waals surface area (Å²) in [6.07, 6.45) is 3.40. The van der Waals surface area contributed by atoms with Crippen LogP contribution in [-0.2, 0) is 4.79 Å². The summed E-state index contributed by atoms with van der Waals surface area (Å²) in [7, 11) is 3.91. The summed E-state index contributed by atoms with van der Waals surface area (Å²) in [5.41, 5.74) is 0. The van der Waals surface area contributed by atoms with Crippen molar-refractivity contribution in [1.82, 2.24) is 15.1 Å². The minimum absolute atomic E-state index is 0.390. The van der Waals surface area contributed by atoms with Crippen LogP contribution >= 0.6 is 0 Å². The number of carboxylic acid groups (broad SMARTS) is 1. The molecule has 0 spiro atoms. The topological polar surface area (TPSA) is 55.8 Å². The van der Waals surface area contributed by atoms with E-state index in [9.17, 15) is 9.90 Å². The molecule has 0 radical (unpaired) electrons. The largest absolute Gasteiger partial charge is 0.480 e. The van der Waals surface area contributed by atoms with E-state index in [4.69, 9.17) is 0 Å². The van der Waals surface area contributed by atoms with Crippen LogP contribution in [0.15, 0.2) is 0 Å². The van der Waals surface area contributed by atoms with Gasteiger partial charge in [0.25, 0.3) is 0 Å². The maximum absolute atomic E-state index is 11.3. The molecule has 0 aromatic carbocycles. The first-order chi connectivity index (χ1) is 9.11. The van der Waals surface area contributed by atoms with Crippen molar-refractivity contribution in [2.75, 3.05) is 33.7 Å². The highest BCUT2D eigenvalue weighted by Crippen LogP contribution is 2.44. The van der Waals surface area contributed by atoms with Crippen LogP contribution in [-0.4, -0.2) is 72.7 Å². The fourth-order valence-corrected chi connectivity index (χ4v) is 4.61. The van der Waals surface area contributed by atoms with Crippen molar-refractivity contribution in [1.29, 1.82) is 0 Å². The number of fused-ring (bicyclic) bond motifs is 2. The van der Waals surface area contributed by atoms with E-state index in [0.29, 0.717) is 18.5 Å². The van der Waals surface area contributed by atoms with Gasteiger partial charge in [0, 0.05) is 18.6 Å². The van der Waals surface area contributed by atoms with Crippen molar-refractivity contribution >= 4 is 5.97 Å². The Labute approximate surface area is 114 Å². The second kappa shape index (κ2) is 5.04. The van der Waals surface area contributed by atoms with Crippen molar-refractivity contribution in [2.45, 2.75) is 37.4 Å². The summed E-state index contributed by atoms with van der Waals surface area (Å²) >= 11 is 0. The van der Waals surface area contributed by atoms with Crippen molar-refractivity contribution < 1.29 is 9.90 Å². The second-order valence-corrected chi connectivity index (χ2v) is 6.45. The summed E-state index contributed by atoms with van der Waals surface area (Å²) < 4.78 is 0. The predicted molar refractivity (Wildman–Crippen MR) is 73.1 cm³/mol. The van der Waals surface area contributed by atoms with Gasteiger partial charge >= 0.3 is 5.97 Å². The molecule has 4 atom stereocenters. The fourth-order valence-electron chi connectivity index (χ4n) is 4.61. The zero-order chi connectivity index (χ0) is 13.6. The maximum Gasteiger partial charge on any atom is 0.320 e. The third kappa shape index (κ3) is 2.18. The van der Waals surface area contributed by atoms with E-state index < -0.39 is 12.0 Å². The molecule has 4 fully saturated rings. The zero-order valence-corrected chi connectivity index (χ0v) is 11.9. The Morgan fingerprint density at radius 1 is 1.42 bits per heavy atom. The smallest absolute Gasteiger partial charge is 0.320 e. The van der Waals surface area contributed by atoms with Crippen LogP contribution in [0.2, 0.25) is 0 Å². The first-order valence-corrected chi connectivity index (χ1v) is 7.46. The van der Waals surface area contributed by atoms with Gasteiger partial charge in [-0.1, -0.05) is 0 Å². The number of nitrogens with zero attached hydrogens (tertiary/aromatic N) is 2. The standard InChI is InChI=1S/C14H25N3O2/c1-15-11(14(18)19)7-12-13-10(8-16(12)2)9-3-5-17(13)6-4-9/h9-13,15H,3-8H2,1-2H3,(H,18,19). The lowest BCUT2D eigenvalue weighted by atomic mass is 9.73. The number of hydrogen-bond acceptors (Lipinski definition) is 4. The van der Waals surface area contributed by atoms with E-state index >= 15 is 0 Å². The SMILES string of the molecule is CNC(CC1C2C(CN1C)C1CCN2CC1)C(=O)O. The Kier molecular flexibility index (Phi) is 3.53. The van der Waals surface area contributed by atoms with E-state index in [2.05, 4.69) is 22.2 Å². The number of carbonyl (C=O) groups is 1. The Bertz CT molecular complexity index is 355. The number of likely N-dealkylation sites (tertiary alicyclic amines) is 1. The van der Waals surface area contributed by atoms with Gasteiger partial charge < -0.3 is 15.3 Å². The quantitative estimate of drug-likeness (QED) is 0.755. The molecule has 2 bridgehead atoms. The average Bonchev–Trinajstić information content (AvgIpc) is 2.75. The molecule has 4 unspecified atom stereocenters. The van der Waals surface area contributed by atoms with Crippen LogP contribution in [0.5, 0.6) is 0 Å². The molecule has 4 aliphatic rings. The third-order valence-electron chi connectivity index (χ3n) is 5.62. The van der Waals surface area contributed by atoms with Gasteiger partial charge in [-0.05, 0) is 58.3 Å². The highest BCUT2D eigenvalue weighted by molar-refractivity contribution is 5.73. The van der Waals surface area contributed by atoms with Gasteiger partial charge in [0.1, 0.15) is 6.04 Å². The molecule has 2 N–H and O–H groups in total. The number of hydrogen-bond donors (Lipinski definition) is 2. The van der Waals surface area contributed by atoms with Crippen LogP contribution in [0.4, 0.5) is 0 Å². The zero-order valence-electron chi connectivity index (χ0n) is 11.9. The lowest BCUT2D eigenvalue weighted by Gasteiger charge is -2.49. The molecule has 0 aromatic heterocycles. The summed E-state index contributed by atoms with van der Waals surface area (Å²) in [6.45, 7) is 3.58. The van der Waals surface area contributed by atoms with Crippen LogP contribution in [0, 0.1) is 11.8 Å². The molecule has 4 rings (SSSR count). The van der Waals surface area contributed by atoms with Gasteiger partial charge in [0.15, 0.2) is 0 Å². The number of carboxylic acids is 1. The molecule has 0 amide bonds. The van der Waals surface area contributed by atoms with E-state index in [0.717, 1.165) is 18.4 Å². The average molecular weight is 267 g/mol. The highest BCUT2D eigenvalue weighted by Gasteiger charge is 2.51. The van der Waals surface area contributed by atoms with Gasteiger partial charge in [-0.3, -0.25) is 9.69 Å². The lowest BCUT2D eigenvalue weighted by molar-refractivity contribution is -0.140. The van der Waals surface area contributed by atoms with Gasteiger partial charge in [0.2, 0.25) is 0 Å². The second-order valence-electron chi connectivity index (χ2n) is 6.45. The molecule has 4 heterocycles.